The topological polar surface area (TPSA) is 78.3 Å². The Labute approximate surface area is 169 Å². The second kappa shape index (κ2) is 7.95. The minimum absolute atomic E-state index is 0.0510. The summed E-state index contributed by atoms with van der Waals surface area (Å²) in [4.78, 5) is 16.1. The van der Waals surface area contributed by atoms with Gasteiger partial charge in [0, 0.05) is 18.5 Å². The molecule has 1 aromatic heterocycles. The zero-order chi connectivity index (χ0) is 20.3. The molecule has 0 fully saturated rings. The van der Waals surface area contributed by atoms with Crippen molar-refractivity contribution in [2.75, 3.05) is 6.61 Å². The number of carbonyl (C=O) groups excluding carboxylic acids is 1. The first kappa shape index (κ1) is 19.0. The fourth-order valence-electron chi connectivity index (χ4n) is 3.36. The molecule has 0 atom stereocenters. The summed E-state index contributed by atoms with van der Waals surface area (Å²) in [5, 5.41) is 6.98. The minimum atomic E-state index is -0.246. The molecule has 2 aromatic carbocycles. The predicted octanol–water partition coefficient (Wildman–Crippen LogP) is 2.74. The number of aromatic nitrogens is 3. The van der Waals surface area contributed by atoms with Crippen LogP contribution in [0.3, 0.4) is 0 Å². The normalized spacial score (nSPS) is 14.1. The Morgan fingerprint density at radius 2 is 2.00 bits per heavy atom. The van der Waals surface area contributed by atoms with Gasteiger partial charge in [-0.2, -0.15) is 5.10 Å². The molecule has 3 aromatic rings. The summed E-state index contributed by atoms with van der Waals surface area (Å²) in [6, 6.07) is 13.8. The number of fused-ring (bicyclic) bond motifs is 1. The second-order valence-corrected chi connectivity index (χ2v) is 7.76. The maximum absolute atomic E-state index is 12.2. The van der Waals surface area contributed by atoms with Gasteiger partial charge in [0.15, 0.2) is 18.1 Å². The monoisotopic (exact) mass is 392 g/mol. The Bertz CT molecular complexity index is 982. The lowest BCUT2D eigenvalue weighted by Gasteiger charge is -2.18. The number of benzene rings is 2. The largest absolute Gasteiger partial charge is 0.483 e. The molecule has 0 saturated carbocycles. The van der Waals surface area contributed by atoms with Gasteiger partial charge in [-0.1, -0.05) is 36.4 Å². The minimum Gasteiger partial charge on any atom is -0.483 e. The van der Waals surface area contributed by atoms with E-state index >= 15 is 0 Å². The molecule has 7 heteroatoms. The van der Waals surface area contributed by atoms with Crippen LogP contribution in [0.25, 0.3) is 0 Å². The first-order valence-electron chi connectivity index (χ1n) is 9.59. The fraction of sp³-hybridized carbons (Fsp3) is 0.318. The molecule has 4 rings (SSSR count). The summed E-state index contributed by atoms with van der Waals surface area (Å²) in [6.45, 7) is 5.15. The number of para-hydroxylation sites is 1. The molecule has 0 unspecified atom stereocenters. The molecule has 29 heavy (non-hydrogen) atoms. The van der Waals surface area contributed by atoms with E-state index in [1.807, 2.05) is 56.3 Å². The maximum Gasteiger partial charge on any atom is 0.258 e. The predicted molar refractivity (Wildman–Crippen MR) is 108 cm³/mol. The first-order chi connectivity index (χ1) is 14.0. The summed E-state index contributed by atoms with van der Waals surface area (Å²) >= 11 is 0. The molecule has 0 saturated heterocycles. The van der Waals surface area contributed by atoms with Crippen molar-refractivity contribution in [3.05, 3.63) is 71.8 Å². The van der Waals surface area contributed by atoms with Crippen LogP contribution in [0.4, 0.5) is 0 Å². The Morgan fingerprint density at radius 1 is 1.21 bits per heavy atom. The molecule has 0 aliphatic carbocycles. The van der Waals surface area contributed by atoms with Gasteiger partial charge >= 0.3 is 0 Å². The second-order valence-electron chi connectivity index (χ2n) is 7.76. The van der Waals surface area contributed by atoms with E-state index in [9.17, 15) is 4.79 Å². The third kappa shape index (κ3) is 4.74. The summed E-state index contributed by atoms with van der Waals surface area (Å²) in [7, 11) is 0. The molecule has 1 N–H and O–H groups in total. The highest BCUT2D eigenvalue weighted by atomic mass is 16.5. The van der Waals surface area contributed by atoms with Crippen LogP contribution in [-0.4, -0.2) is 32.9 Å². The van der Waals surface area contributed by atoms with E-state index in [-0.39, 0.29) is 18.1 Å². The van der Waals surface area contributed by atoms with Crippen molar-refractivity contribution in [2.45, 2.75) is 39.0 Å². The van der Waals surface area contributed by atoms with Gasteiger partial charge < -0.3 is 14.8 Å². The van der Waals surface area contributed by atoms with Crippen molar-refractivity contribution in [2.24, 2.45) is 0 Å². The van der Waals surface area contributed by atoms with Crippen LogP contribution in [-0.2, 0) is 24.3 Å². The highest BCUT2D eigenvalue weighted by Gasteiger charge is 2.32. The van der Waals surface area contributed by atoms with Crippen molar-refractivity contribution >= 4 is 5.91 Å². The smallest absolute Gasteiger partial charge is 0.258 e. The summed E-state index contributed by atoms with van der Waals surface area (Å²) in [6.07, 6.45) is 4.03. The van der Waals surface area contributed by atoms with Gasteiger partial charge in [-0.05, 0) is 31.0 Å². The van der Waals surface area contributed by atoms with Crippen LogP contribution >= 0.6 is 0 Å². The SMILES string of the molecule is CC1(C)Cc2cccc(OCC(=O)NCc3ccc(Cn4cncn4)cc3)c2O1. The van der Waals surface area contributed by atoms with E-state index in [4.69, 9.17) is 9.47 Å². The molecule has 0 radical (unpaired) electrons. The molecular formula is C22H24N4O3. The number of amides is 1. The van der Waals surface area contributed by atoms with Crippen LogP contribution in [0.2, 0.25) is 0 Å². The Morgan fingerprint density at radius 3 is 2.76 bits per heavy atom. The van der Waals surface area contributed by atoms with Gasteiger partial charge in [-0.25, -0.2) is 9.67 Å². The maximum atomic E-state index is 12.2. The molecular weight excluding hydrogens is 368 g/mol. The highest BCUT2D eigenvalue weighted by Crippen LogP contribution is 2.41. The van der Waals surface area contributed by atoms with E-state index in [1.54, 1.807) is 11.0 Å². The van der Waals surface area contributed by atoms with Gasteiger partial charge in [-0.15, -0.1) is 0 Å². The third-order valence-corrected chi connectivity index (χ3v) is 4.74. The molecule has 2 heterocycles. The van der Waals surface area contributed by atoms with Crippen molar-refractivity contribution in [3.63, 3.8) is 0 Å². The third-order valence-electron chi connectivity index (χ3n) is 4.74. The van der Waals surface area contributed by atoms with Gasteiger partial charge in [0.1, 0.15) is 18.3 Å². The zero-order valence-corrected chi connectivity index (χ0v) is 16.6. The van der Waals surface area contributed by atoms with Crippen LogP contribution in [0.1, 0.15) is 30.5 Å². The van der Waals surface area contributed by atoms with Crippen molar-refractivity contribution in [1.29, 1.82) is 0 Å². The first-order valence-corrected chi connectivity index (χ1v) is 9.59. The van der Waals surface area contributed by atoms with E-state index in [2.05, 4.69) is 15.4 Å². The number of nitrogens with zero attached hydrogens (tertiary/aromatic N) is 3. The average Bonchev–Trinajstić information content (AvgIpc) is 3.31. The highest BCUT2D eigenvalue weighted by molar-refractivity contribution is 5.77. The van der Waals surface area contributed by atoms with Gasteiger partial charge in [0.05, 0.1) is 6.54 Å². The Kier molecular flexibility index (Phi) is 5.20. The molecule has 0 bridgehead atoms. The van der Waals surface area contributed by atoms with Crippen molar-refractivity contribution < 1.29 is 14.3 Å². The molecule has 0 spiro atoms. The van der Waals surface area contributed by atoms with Crippen molar-refractivity contribution in [3.8, 4) is 11.5 Å². The summed E-state index contributed by atoms with van der Waals surface area (Å²) in [5.74, 6) is 1.18. The lowest BCUT2D eigenvalue weighted by molar-refractivity contribution is -0.123. The lowest BCUT2D eigenvalue weighted by atomic mass is 10.0. The van der Waals surface area contributed by atoms with Crippen LogP contribution < -0.4 is 14.8 Å². The van der Waals surface area contributed by atoms with Gasteiger partial charge in [-0.3, -0.25) is 4.79 Å². The number of hydrogen-bond acceptors (Lipinski definition) is 5. The molecule has 1 aliphatic heterocycles. The van der Waals surface area contributed by atoms with Gasteiger partial charge in [0.25, 0.3) is 5.91 Å². The molecule has 1 aliphatic rings. The Balaban J connectivity index is 1.26. The van der Waals surface area contributed by atoms with Crippen LogP contribution in [0.15, 0.2) is 55.1 Å². The Hall–Kier alpha value is -3.35. The van der Waals surface area contributed by atoms with Crippen molar-refractivity contribution in [1.82, 2.24) is 20.1 Å². The standard InChI is InChI=1S/C22H24N4O3/c1-22(2)10-18-4-3-5-19(21(18)29-22)28-13-20(27)24-11-16-6-8-17(9-7-16)12-26-15-23-14-25-26/h3-9,14-15H,10-13H2,1-2H3,(H,24,27). The van der Waals surface area contributed by atoms with Gasteiger partial charge in [0.2, 0.25) is 0 Å². The number of ether oxygens (including phenoxy) is 2. The number of rotatable bonds is 7. The molecule has 150 valence electrons. The van der Waals surface area contributed by atoms with E-state index in [1.165, 1.54) is 6.33 Å². The number of carbonyl (C=O) groups is 1. The quantitative estimate of drug-likeness (QED) is 0.669. The summed E-state index contributed by atoms with van der Waals surface area (Å²) in [5.41, 5.74) is 3.00. The number of hydrogen-bond donors (Lipinski definition) is 1. The van der Waals surface area contributed by atoms with E-state index in [0.29, 0.717) is 18.8 Å². The summed E-state index contributed by atoms with van der Waals surface area (Å²) < 4.78 is 13.4. The zero-order valence-electron chi connectivity index (χ0n) is 16.6. The van der Waals surface area contributed by atoms with E-state index in [0.717, 1.165) is 28.9 Å². The molecule has 7 nitrogen and oxygen atoms in total. The average molecular weight is 392 g/mol. The fourth-order valence-corrected chi connectivity index (χ4v) is 3.36. The number of nitrogens with one attached hydrogen (secondary N) is 1. The lowest BCUT2D eigenvalue weighted by Crippen LogP contribution is -2.28. The van der Waals surface area contributed by atoms with Crippen LogP contribution in [0.5, 0.6) is 11.5 Å². The molecule has 1 amide bonds. The van der Waals surface area contributed by atoms with E-state index < -0.39 is 0 Å². The van der Waals surface area contributed by atoms with Crippen LogP contribution in [0, 0.1) is 0 Å².